The first-order chi connectivity index (χ1) is 15.0. The predicted octanol–water partition coefficient (Wildman–Crippen LogP) is 1.01. The van der Waals surface area contributed by atoms with E-state index in [1.165, 1.54) is 6.33 Å². The quantitative estimate of drug-likeness (QED) is 0.673. The van der Waals surface area contributed by atoms with E-state index in [2.05, 4.69) is 15.1 Å². The molecule has 0 spiro atoms. The molecule has 9 nitrogen and oxygen atoms in total. The van der Waals surface area contributed by atoms with Gasteiger partial charge in [0.2, 0.25) is 5.91 Å². The Kier molecular flexibility index (Phi) is 4.85. The van der Waals surface area contributed by atoms with Gasteiger partial charge in [-0.1, -0.05) is 6.07 Å². The van der Waals surface area contributed by atoms with Gasteiger partial charge in [0.15, 0.2) is 0 Å². The molecule has 2 aliphatic heterocycles. The zero-order chi connectivity index (χ0) is 21.7. The molecule has 1 fully saturated rings. The van der Waals surface area contributed by atoms with Gasteiger partial charge in [0, 0.05) is 54.5 Å². The summed E-state index contributed by atoms with van der Waals surface area (Å²) in [5, 5.41) is 14.2. The Morgan fingerprint density at radius 3 is 2.90 bits per heavy atom. The first-order valence-corrected chi connectivity index (χ1v) is 10.7. The van der Waals surface area contributed by atoms with Gasteiger partial charge < -0.3 is 14.6 Å². The third-order valence-electron chi connectivity index (χ3n) is 6.92. The van der Waals surface area contributed by atoms with Crippen LogP contribution in [0.5, 0.6) is 0 Å². The summed E-state index contributed by atoms with van der Waals surface area (Å²) in [6.07, 6.45) is 3.35. The zero-order valence-corrected chi connectivity index (χ0v) is 17.7. The maximum absolute atomic E-state index is 13.2. The lowest BCUT2D eigenvalue weighted by atomic mass is 9.78. The molecule has 5 heterocycles. The van der Waals surface area contributed by atoms with Crippen molar-refractivity contribution < 1.29 is 9.90 Å². The van der Waals surface area contributed by atoms with Gasteiger partial charge in [0.05, 0.1) is 12.6 Å². The van der Waals surface area contributed by atoms with Crippen LogP contribution in [0.2, 0.25) is 0 Å². The fraction of sp³-hybridized carbons (Fsp3) is 0.500. The third kappa shape index (κ3) is 3.23. The minimum Gasteiger partial charge on any atom is -0.394 e. The summed E-state index contributed by atoms with van der Waals surface area (Å²) in [5.41, 5.74) is 3.70. The molecule has 2 aliphatic rings. The van der Waals surface area contributed by atoms with Crippen molar-refractivity contribution in [2.24, 2.45) is 5.92 Å². The van der Waals surface area contributed by atoms with Gasteiger partial charge in [-0.25, -0.2) is 9.50 Å². The Hall–Kier alpha value is -3.07. The number of rotatable bonds is 4. The number of carbonyl (C=O) groups is 1. The van der Waals surface area contributed by atoms with E-state index in [4.69, 9.17) is 0 Å². The number of aryl methyl sites for hydroxylation is 2. The van der Waals surface area contributed by atoms with E-state index < -0.39 is 0 Å². The second-order valence-electron chi connectivity index (χ2n) is 8.63. The smallest absolute Gasteiger partial charge is 0.252 e. The molecule has 5 rings (SSSR count). The summed E-state index contributed by atoms with van der Waals surface area (Å²) in [6.45, 7) is 4.99. The summed E-state index contributed by atoms with van der Waals surface area (Å²) in [4.78, 5) is 36.1. The largest absolute Gasteiger partial charge is 0.394 e. The van der Waals surface area contributed by atoms with Crippen LogP contribution >= 0.6 is 0 Å². The van der Waals surface area contributed by atoms with Crippen LogP contribution < -0.4 is 5.56 Å². The fourth-order valence-corrected chi connectivity index (χ4v) is 5.39. The van der Waals surface area contributed by atoms with Crippen molar-refractivity contribution in [3.05, 3.63) is 57.5 Å². The summed E-state index contributed by atoms with van der Waals surface area (Å²) in [5.74, 6) is 0.862. The van der Waals surface area contributed by atoms with Crippen molar-refractivity contribution in [1.82, 2.24) is 29.0 Å². The van der Waals surface area contributed by atoms with Crippen LogP contribution in [0, 0.1) is 19.8 Å². The molecule has 0 radical (unpaired) electrons. The number of carbonyl (C=O) groups excluding carboxylic acids is 1. The van der Waals surface area contributed by atoms with E-state index in [1.807, 2.05) is 24.8 Å². The van der Waals surface area contributed by atoms with Crippen molar-refractivity contribution in [1.29, 1.82) is 0 Å². The van der Waals surface area contributed by atoms with Crippen molar-refractivity contribution in [2.45, 2.75) is 45.1 Å². The third-order valence-corrected chi connectivity index (χ3v) is 6.92. The van der Waals surface area contributed by atoms with Crippen LogP contribution in [-0.2, 0) is 11.2 Å². The van der Waals surface area contributed by atoms with E-state index in [9.17, 15) is 14.7 Å². The lowest BCUT2D eigenvalue weighted by Crippen LogP contribution is -2.51. The number of likely N-dealkylation sites (tertiary alicyclic amines) is 1. The summed E-state index contributed by atoms with van der Waals surface area (Å²) in [6, 6.07) is 4.98. The maximum atomic E-state index is 13.2. The number of aromatic nitrogens is 5. The van der Waals surface area contributed by atoms with Crippen molar-refractivity contribution in [3.63, 3.8) is 0 Å². The molecule has 1 amide bonds. The molecule has 3 atom stereocenters. The number of aliphatic hydroxyl groups excluding tert-OH is 1. The van der Waals surface area contributed by atoms with Gasteiger partial charge in [-0.15, -0.1) is 0 Å². The molecule has 0 saturated carbocycles. The highest BCUT2D eigenvalue weighted by Crippen LogP contribution is 2.41. The standard InChI is InChI=1S/C22H26N6O3/c1-13-17(14(2)28-22(25-13)23-12-24-28)6-7-20(30)26-9-15-8-16(10-26)19(11-29)27-18(15)4-3-5-21(27)31/h3-5,12,15-16,19,29H,6-11H2,1-2H3/t15-,16+,19+/m1/s1. The molecule has 0 aliphatic carbocycles. The monoisotopic (exact) mass is 422 g/mol. The second kappa shape index (κ2) is 7.56. The van der Waals surface area contributed by atoms with Crippen molar-refractivity contribution in [3.8, 4) is 0 Å². The summed E-state index contributed by atoms with van der Waals surface area (Å²) in [7, 11) is 0. The van der Waals surface area contributed by atoms with Crippen LogP contribution in [0.4, 0.5) is 0 Å². The molecule has 2 bridgehead atoms. The minimum absolute atomic E-state index is 0.0759. The highest BCUT2D eigenvalue weighted by atomic mass is 16.3. The Labute approximate surface area is 179 Å². The van der Waals surface area contributed by atoms with Crippen LogP contribution in [0.1, 0.15) is 47.4 Å². The number of amides is 1. The molecule has 162 valence electrons. The lowest BCUT2D eigenvalue weighted by Gasteiger charge is -2.46. The highest BCUT2D eigenvalue weighted by Gasteiger charge is 2.41. The number of hydrogen-bond donors (Lipinski definition) is 1. The molecular weight excluding hydrogens is 396 g/mol. The number of pyridine rings is 1. The van der Waals surface area contributed by atoms with Crippen molar-refractivity contribution >= 4 is 11.7 Å². The van der Waals surface area contributed by atoms with Gasteiger partial charge >= 0.3 is 0 Å². The van der Waals surface area contributed by atoms with E-state index in [-0.39, 0.29) is 36.0 Å². The number of nitrogens with zero attached hydrogens (tertiary/aromatic N) is 6. The Morgan fingerprint density at radius 2 is 2.10 bits per heavy atom. The van der Waals surface area contributed by atoms with E-state index in [0.717, 1.165) is 29.1 Å². The lowest BCUT2D eigenvalue weighted by molar-refractivity contribution is -0.134. The molecule has 3 aromatic heterocycles. The van der Waals surface area contributed by atoms with Crippen molar-refractivity contribution in [2.75, 3.05) is 19.7 Å². The molecule has 3 aromatic rings. The van der Waals surface area contributed by atoms with Crippen LogP contribution in [0.25, 0.3) is 5.78 Å². The molecule has 0 unspecified atom stereocenters. The first kappa shape index (κ1) is 19.9. The highest BCUT2D eigenvalue weighted by molar-refractivity contribution is 5.76. The topological polar surface area (TPSA) is 106 Å². The predicted molar refractivity (Wildman–Crippen MR) is 113 cm³/mol. The van der Waals surface area contributed by atoms with E-state index >= 15 is 0 Å². The maximum Gasteiger partial charge on any atom is 0.252 e. The van der Waals surface area contributed by atoms with Crippen LogP contribution in [-0.4, -0.2) is 59.8 Å². The van der Waals surface area contributed by atoms with Crippen LogP contribution in [0.3, 0.4) is 0 Å². The average molecular weight is 422 g/mol. The van der Waals surface area contributed by atoms with E-state index in [1.54, 1.807) is 21.2 Å². The molecule has 31 heavy (non-hydrogen) atoms. The van der Waals surface area contributed by atoms with Gasteiger partial charge in [-0.3, -0.25) is 9.59 Å². The van der Waals surface area contributed by atoms with Gasteiger partial charge in [0.25, 0.3) is 11.3 Å². The van der Waals surface area contributed by atoms with Gasteiger partial charge in [0.1, 0.15) is 6.33 Å². The Balaban J connectivity index is 1.36. The van der Waals surface area contributed by atoms with E-state index in [0.29, 0.717) is 31.7 Å². The average Bonchev–Trinajstić information content (AvgIpc) is 3.23. The van der Waals surface area contributed by atoms with Crippen LogP contribution in [0.15, 0.2) is 29.3 Å². The normalized spacial score (nSPS) is 22.5. The van der Waals surface area contributed by atoms with Gasteiger partial charge in [-0.2, -0.15) is 10.1 Å². The molecule has 1 N–H and O–H groups in total. The fourth-order valence-electron chi connectivity index (χ4n) is 5.39. The second-order valence-corrected chi connectivity index (χ2v) is 8.63. The number of hydrogen-bond acceptors (Lipinski definition) is 6. The SMILES string of the molecule is Cc1nc2ncnn2c(C)c1CCC(=O)N1C[C@H]2C[C@@H](C1)[C@H](CO)n1c2cccc1=O. The molecule has 9 heteroatoms. The summed E-state index contributed by atoms with van der Waals surface area (Å²) >= 11 is 0. The minimum atomic E-state index is -0.279. The number of aliphatic hydroxyl groups is 1. The Morgan fingerprint density at radius 1 is 1.26 bits per heavy atom. The summed E-state index contributed by atoms with van der Waals surface area (Å²) < 4.78 is 3.45. The van der Waals surface area contributed by atoms with Gasteiger partial charge in [-0.05, 0) is 38.3 Å². The number of piperidine rings is 1. The number of fused-ring (bicyclic) bond motifs is 5. The molecule has 0 aromatic carbocycles. The first-order valence-electron chi connectivity index (χ1n) is 10.7. The molecular formula is C22H26N6O3. The Bertz CT molecular complexity index is 1220. The zero-order valence-electron chi connectivity index (χ0n) is 17.7. The molecule has 1 saturated heterocycles.